The Morgan fingerprint density at radius 2 is 1.91 bits per heavy atom. The molecular formula is C17H19NO4. The molecule has 0 fully saturated rings. The Bertz CT molecular complexity index is 683. The molecule has 1 atom stereocenters. The Morgan fingerprint density at radius 3 is 2.55 bits per heavy atom. The largest absolute Gasteiger partial charge is 0.497 e. The highest BCUT2D eigenvalue weighted by Gasteiger charge is 2.23. The van der Waals surface area contributed by atoms with Crippen molar-refractivity contribution >= 4 is 28.8 Å². The molecule has 0 aliphatic rings. The molecule has 1 unspecified atom stereocenters. The molecule has 116 valence electrons. The van der Waals surface area contributed by atoms with Crippen LogP contribution in [0.15, 0.2) is 36.4 Å². The second-order valence-corrected chi connectivity index (χ2v) is 4.84. The topological polar surface area (TPSA) is 55.8 Å². The summed E-state index contributed by atoms with van der Waals surface area (Å²) in [6, 6.07) is 10.6. The van der Waals surface area contributed by atoms with Gasteiger partial charge in [-0.1, -0.05) is 12.1 Å². The molecule has 0 aliphatic carbocycles. The second-order valence-electron chi connectivity index (χ2n) is 4.84. The van der Waals surface area contributed by atoms with Gasteiger partial charge in [0.05, 0.1) is 19.8 Å². The molecule has 0 saturated heterocycles. The lowest BCUT2D eigenvalue weighted by atomic mass is 10.1. The van der Waals surface area contributed by atoms with Gasteiger partial charge in [-0.25, -0.2) is 4.79 Å². The highest BCUT2D eigenvalue weighted by Crippen LogP contribution is 2.27. The Hall–Kier alpha value is -2.56. The van der Waals surface area contributed by atoms with Gasteiger partial charge in [0.2, 0.25) is 0 Å². The summed E-state index contributed by atoms with van der Waals surface area (Å²) < 4.78 is 10.2. The van der Waals surface area contributed by atoms with Gasteiger partial charge in [0, 0.05) is 5.69 Å². The van der Waals surface area contributed by atoms with E-state index >= 15 is 0 Å². The van der Waals surface area contributed by atoms with Crippen LogP contribution < -0.4 is 9.64 Å². The molecule has 0 bridgehead atoms. The molecule has 5 nitrogen and oxygen atoms in total. The Morgan fingerprint density at radius 1 is 1.23 bits per heavy atom. The van der Waals surface area contributed by atoms with E-state index in [0.29, 0.717) is 5.69 Å². The van der Waals surface area contributed by atoms with E-state index in [9.17, 15) is 9.59 Å². The molecule has 2 aromatic carbocycles. The summed E-state index contributed by atoms with van der Waals surface area (Å²) in [5, 5.41) is 1.94. The summed E-state index contributed by atoms with van der Waals surface area (Å²) >= 11 is 0. The first-order chi connectivity index (χ1) is 10.6. The van der Waals surface area contributed by atoms with Gasteiger partial charge in [0.25, 0.3) is 0 Å². The molecule has 0 spiro atoms. The molecule has 5 heteroatoms. The van der Waals surface area contributed by atoms with E-state index < -0.39 is 12.1 Å². The summed E-state index contributed by atoms with van der Waals surface area (Å²) in [7, 11) is 1.61. The van der Waals surface area contributed by atoms with Crippen LogP contribution >= 0.6 is 0 Å². The standard InChI is InChI=1S/C17H19NO4/c1-4-22-17(20)18(12(2)11-19)15-7-5-14-10-16(21-3)8-6-13(14)9-15/h5-12H,4H2,1-3H3. The van der Waals surface area contributed by atoms with E-state index in [0.717, 1.165) is 22.8 Å². The molecule has 2 aromatic rings. The summed E-state index contributed by atoms with van der Waals surface area (Å²) in [5.74, 6) is 0.767. The van der Waals surface area contributed by atoms with Crippen LogP contribution in [0.5, 0.6) is 5.75 Å². The van der Waals surface area contributed by atoms with Crippen LogP contribution in [0.4, 0.5) is 10.5 Å². The molecule has 0 radical (unpaired) electrons. The van der Waals surface area contributed by atoms with Crippen molar-refractivity contribution in [2.75, 3.05) is 18.6 Å². The van der Waals surface area contributed by atoms with E-state index in [2.05, 4.69) is 0 Å². The summed E-state index contributed by atoms with van der Waals surface area (Å²) in [6.07, 6.45) is 0.185. The minimum absolute atomic E-state index is 0.256. The maximum absolute atomic E-state index is 12.1. The van der Waals surface area contributed by atoms with Crippen LogP contribution in [0.1, 0.15) is 13.8 Å². The third-order valence-electron chi connectivity index (χ3n) is 3.38. The Labute approximate surface area is 129 Å². The van der Waals surface area contributed by atoms with Crippen molar-refractivity contribution in [3.63, 3.8) is 0 Å². The smallest absolute Gasteiger partial charge is 0.414 e. The second kappa shape index (κ2) is 6.93. The quantitative estimate of drug-likeness (QED) is 0.794. The molecule has 0 heterocycles. The highest BCUT2D eigenvalue weighted by atomic mass is 16.6. The number of nitrogens with zero attached hydrogens (tertiary/aromatic N) is 1. The van der Waals surface area contributed by atoms with Crippen LogP contribution in [-0.2, 0) is 9.53 Å². The minimum atomic E-state index is -0.602. The van der Waals surface area contributed by atoms with Crippen molar-refractivity contribution in [1.82, 2.24) is 0 Å². The average Bonchev–Trinajstić information content (AvgIpc) is 2.54. The lowest BCUT2D eigenvalue weighted by molar-refractivity contribution is -0.108. The fourth-order valence-corrected chi connectivity index (χ4v) is 2.25. The number of anilines is 1. The van der Waals surface area contributed by atoms with Crippen molar-refractivity contribution in [2.24, 2.45) is 0 Å². The third kappa shape index (κ3) is 3.19. The van der Waals surface area contributed by atoms with Crippen molar-refractivity contribution < 1.29 is 19.1 Å². The zero-order chi connectivity index (χ0) is 16.1. The van der Waals surface area contributed by atoms with Gasteiger partial charge in [-0.3, -0.25) is 4.90 Å². The first-order valence-corrected chi connectivity index (χ1v) is 7.09. The van der Waals surface area contributed by atoms with Crippen molar-refractivity contribution in [1.29, 1.82) is 0 Å². The SMILES string of the molecule is CCOC(=O)N(c1ccc2cc(OC)ccc2c1)C(C)C=O. The predicted octanol–water partition coefficient (Wildman–Crippen LogP) is 3.40. The molecular weight excluding hydrogens is 282 g/mol. The zero-order valence-corrected chi connectivity index (χ0v) is 12.9. The number of fused-ring (bicyclic) bond motifs is 1. The number of hydrogen-bond acceptors (Lipinski definition) is 4. The van der Waals surface area contributed by atoms with Gasteiger partial charge in [0.1, 0.15) is 12.0 Å². The molecule has 0 aliphatic heterocycles. The number of rotatable bonds is 5. The summed E-state index contributed by atoms with van der Waals surface area (Å²) in [5.41, 5.74) is 0.621. The van der Waals surface area contributed by atoms with Crippen LogP contribution in [0.3, 0.4) is 0 Å². The Balaban J connectivity index is 2.45. The minimum Gasteiger partial charge on any atom is -0.497 e. The maximum Gasteiger partial charge on any atom is 0.414 e. The molecule has 0 N–H and O–H groups in total. The van der Waals surface area contributed by atoms with Gasteiger partial charge in [-0.2, -0.15) is 0 Å². The summed E-state index contributed by atoms with van der Waals surface area (Å²) in [6.45, 7) is 3.64. The number of amides is 1. The van der Waals surface area contributed by atoms with E-state index in [1.165, 1.54) is 4.90 Å². The van der Waals surface area contributed by atoms with Gasteiger partial charge in [0.15, 0.2) is 0 Å². The van der Waals surface area contributed by atoms with Crippen LogP contribution in [0.2, 0.25) is 0 Å². The number of carbonyl (C=O) groups excluding carboxylic acids is 2. The number of methoxy groups -OCH3 is 1. The first kappa shape index (κ1) is 15.8. The van der Waals surface area contributed by atoms with Gasteiger partial charge in [-0.05, 0) is 48.9 Å². The highest BCUT2D eigenvalue weighted by molar-refractivity contribution is 5.96. The van der Waals surface area contributed by atoms with Gasteiger partial charge >= 0.3 is 6.09 Å². The number of carbonyl (C=O) groups is 2. The number of benzene rings is 2. The molecule has 2 rings (SSSR count). The number of hydrogen-bond donors (Lipinski definition) is 0. The first-order valence-electron chi connectivity index (χ1n) is 7.09. The van der Waals surface area contributed by atoms with E-state index in [1.807, 2.05) is 30.3 Å². The van der Waals surface area contributed by atoms with Crippen LogP contribution in [0.25, 0.3) is 10.8 Å². The third-order valence-corrected chi connectivity index (χ3v) is 3.38. The van der Waals surface area contributed by atoms with Crippen LogP contribution in [0, 0.1) is 0 Å². The fraction of sp³-hybridized carbons (Fsp3) is 0.294. The van der Waals surface area contributed by atoms with E-state index in [1.54, 1.807) is 27.0 Å². The zero-order valence-electron chi connectivity index (χ0n) is 12.9. The fourth-order valence-electron chi connectivity index (χ4n) is 2.25. The lowest BCUT2D eigenvalue weighted by Crippen LogP contribution is -2.40. The van der Waals surface area contributed by atoms with E-state index in [4.69, 9.17) is 9.47 Å². The Kier molecular flexibility index (Phi) is 4.99. The normalized spacial score (nSPS) is 11.8. The molecule has 22 heavy (non-hydrogen) atoms. The molecule has 0 aromatic heterocycles. The maximum atomic E-state index is 12.1. The van der Waals surface area contributed by atoms with Crippen molar-refractivity contribution in [2.45, 2.75) is 19.9 Å². The number of aldehydes is 1. The van der Waals surface area contributed by atoms with Crippen molar-refractivity contribution in [3.8, 4) is 5.75 Å². The average molecular weight is 301 g/mol. The van der Waals surface area contributed by atoms with Gasteiger partial charge in [-0.15, -0.1) is 0 Å². The monoisotopic (exact) mass is 301 g/mol. The van der Waals surface area contributed by atoms with E-state index in [-0.39, 0.29) is 6.61 Å². The predicted molar refractivity (Wildman–Crippen MR) is 85.5 cm³/mol. The summed E-state index contributed by atoms with van der Waals surface area (Å²) in [4.78, 5) is 24.6. The van der Waals surface area contributed by atoms with Crippen molar-refractivity contribution in [3.05, 3.63) is 36.4 Å². The van der Waals surface area contributed by atoms with Crippen LogP contribution in [-0.4, -0.2) is 32.1 Å². The van der Waals surface area contributed by atoms with Gasteiger partial charge < -0.3 is 14.3 Å². The molecule has 0 saturated carbocycles. The lowest BCUT2D eigenvalue weighted by Gasteiger charge is -2.25. The number of ether oxygens (including phenoxy) is 2. The molecule has 1 amide bonds.